The summed E-state index contributed by atoms with van der Waals surface area (Å²) >= 11 is 0. The molecule has 1 aromatic rings. The molecule has 0 bridgehead atoms. The Kier molecular flexibility index (Phi) is 4.06. The first-order valence-electron chi connectivity index (χ1n) is 6.12. The second kappa shape index (κ2) is 5.58. The molecular formula is C12H17N3O3S. The van der Waals surface area contributed by atoms with Gasteiger partial charge in [0.15, 0.2) is 0 Å². The Morgan fingerprint density at radius 3 is 2.68 bits per heavy atom. The molecule has 1 saturated carbocycles. The molecule has 7 heteroatoms. The average Bonchev–Trinajstić information content (AvgIpc) is 3.18. The number of amides is 1. The Labute approximate surface area is 112 Å². The van der Waals surface area contributed by atoms with Gasteiger partial charge in [0.25, 0.3) is 0 Å². The van der Waals surface area contributed by atoms with Crippen molar-refractivity contribution in [1.82, 2.24) is 10.0 Å². The number of anilines is 1. The third-order valence-corrected chi connectivity index (χ3v) is 4.29. The topological polar surface area (TPSA) is 101 Å². The molecule has 19 heavy (non-hydrogen) atoms. The van der Waals surface area contributed by atoms with Crippen LogP contribution >= 0.6 is 0 Å². The van der Waals surface area contributed by atoms with E-state index in [9.17, 15) is 13.2 Å². The van der Waals surface area contributed by atoms with Crippen molar-refractivity contribution in [2.24, 2.45) is 5.92 Å². The Balaban J connectivity index is 1.82. The number of carbonyl (C=O) groups excluding carboxylic acids is 1. The molecule has 0 spiro atoms. The maximum atomic E-state index is 11.9. The number of nitrogens with two attached hydrogens (primary N) is 1. The van der Waals surface area contributed by atoms with Gasteiger partial charge in [-0.2, -0.15) is 0 Å². The summed E-state index contributed by atoms with van der Waals surface area (Å²) in [4.78, 5) is 11.5. The molecule has 0 atom stereocenters. The molecule has 1 aliphatic rings. The normalized spacial score (nSPS) is 15.2. The standard InChI is InChI=1S/C12H17N3O3S/c13-10-2-1-3-11(8-10)19(17,18)15-7-6-14-12(16)9-4-5-9/h1-3,8-9,15H,4-7,13H2,(H,14,16). The predicted octanol–water partition coefficient (Wildman–Crippen LogP) is 0.0733. The molecule has 0 unspecified atom stereocenters. The average molecular weight is 283 g/mol. The zero-order chi connectivity index (χ0) is 13.9. The summed E-state index contributed by atoms with van der Waals surface area (Å²) in [6, 6.07) is 6.07. The molecule has 0 heterocycles. The highest BCUT2D eigenvalue weighted by Gasteiger charge is 2.29. The van der Waals surface area contributed by atoms with Gasteiger partial charge in [-0.05, 0) is 31.0 Å². The second-order valence-electron chi connectivity index (χ2n) is 4.54. The van der Waals surface area contributed by atoms with E-state index >= 15 is 0 Å². The number of carbonyl (C=O) groups is 1. The van der Waals surface area contributed by atoms with Crippen molar-refractivity contribution in [3.63, 3.8) is 0 Å². The Morgan fingerprint density at radius 1 is 1.32 bits per heavy atom. The second-order valence-corrected chi connectivity index (χ2v) is 6.30. The van der Waals surface area contributed by atoms with E-state index in [0.29, 0.717) is 5.69 Å². The molecule has 0 radical (unpaired) electrons. The van der Waals surface area contributed by atoms with E-state index in [1.54, 1.807) is 12.1 Å². The number of nitrogens with one attached hydrogen (secondary N) is 2. The summed E-state index contributed by atoms with van der Waals surface area (Å²) < 4.78 is 26.2. The lowest BCUT2D eigenvalue weighted by atomic mass is 10.3. The minimum absolute atomic E-state index is 0.00292. The third kappa shape index (κ3) is 3.93. The van der Waals surface area contributed by atoms with Gasteiger partial charge < -0.3 is 11.1 Å². The van der Waals surface area contributed by atoms with Crippen molar-refractivity contribution < 1.29 is 13.2 Å². The summed E-state index contributed by atoms with van der Waals surface area (Å²) in [5.74, 6) is 0.133. The summed E-state index contributed by atoms with van der Waals surface area (Å²) in [6.07, 6.45) is 1.86. The van der Waals surface area contributed by atoms with Crippen LogP contribution in [0.3, 0.4) is 0 Å². The van der Waals surface area contributed by atoms with E-state index in [2.05, 4.69) is 10.0 Å². The molecule has 1 fully saturated rings. The molecule has 1 amide bonds. The molecule has 0 aromatic heterocycles. The molecule has 4 N–H and O–H groups in total. The molecular weight excluding hydrogens is 266 g/mol. The highest BCUT2D eigenvalue weighted by molar-refractivity contribution is 7.89. The molecule has 0 saturated heterocycles. The van der Waals surface area contributed by atoms with Gasteiger partial charge in [-0.1, -0.05) is 6.07 Å². The highest BCUT2D eigenvalue weighted by Crippen LogP contribution is 2.28. The van der Waals surface area contributed by atoms with Gasteiger partial charge in [-0.3, -0.25) is 4.79 Å². The van der Waals surface area contributed by atoms with Crippen LogP contribution < -0.4 is 15.8 Å². The van der Waals surface area contributed by atoms with Crippen LogP contribution in [-0.4, -0.2) is 27.4 Å². The maximum absolute atomic E-state index is 11.9. The molecule has 104 valence electrons. The van der Waals surface area contributed by atoms with Gasteiger partial charge in [0.1, 0.15) is 0 Å². The van der Waals surface area contributed by atoms with Crippen LogP contribution in [0.2, 0.25) is 0 Å². The van der Waals surface area contributed by atoms with Gasteiger partial charge in [0, 0.05) is 24.7 Å². The Bertz CT molecular complexity index is 567. The Morgan fingerprint density at radius 2 is 2.05 bits per heavy atom. The number of benzene rings is 1. The maximum Gasteiger partial charge on any atom is 0.240 e. The van der Waals surface area contributed by atoms with E-state index in [-0.39, 0.29) is 29.8 Å². The number of sulfonamides is 1. The molecule has 0 aliphatic heterocycles. The number of hydrogen-bond acceptors (Lipinski definition) is 4. The zero-order valence-corrected chi connectivity index (χ0v) is 11.2. The third-order valence-electron chi connectivity index (χ3n) is 2.83. The molecule has 1 aliphatic carbocycles. The zero-order valence-electron chi connectivity index (χ0n) is 10.4. The van der Waals surface area contributed by atoms with Crippen molar-refractivity contribution in [3.8, 4) is 0 Å². The van der Waals surface area contributed by atoms with Gasteiger partial charge in [0.05, 0.1) is 4.90 Å². The van der Waals surface area contributed by atoms with Gasteiger partial charge in [-0.25, -0.2) is 13.1 Å². The fourth-order valence-corrected chi connectivity index (χ4v) is 2.71. The van der Waals surface area contributed by atoms with Gasteiger partial charge in [0.2, 0.25) is 15.9 Å². The molecule has 1 aromatic carbocycles. The monoisotopic (exact) mass is 283 g/mol. The largest absolute Gasteiger partial charge is 0.399 e. The van der Waals surface area contributed by atoms with Crippen LogP contribution in [0, 0.1) is 5.92 Å². The lowest BCUT2D eigenvalue weighted by Gasteiger charge is -2.08. The summed E-state index contributed by atoms with van der Waals surface area (Å²) in [5.41, 5.74) is 5.93. The van der Waals surface area contributed by atoms with E-state index in [0.717, 1.165) is 12.8 Å². The first kappa shape index (κ1) is 13.8. The van der Waals surface area contributed by atoms with Crippen molar-refractivity contribution in [2.45, 2.75) is 17.7 Å². The lowest BCUT2D eigenvalue weighted by Crippen LogP contribution is -2.35. The SMILES string of the molecule is Nc1cccc(S(=O)(=O)NCCNC(=O)C2CC2)c1. The van der Waals surface area contributed by atoms with E-state index < -0.39 is 10.0 Å². The van der Waals surface area contributed by atoms with E-state index in [1.165, 1.54) is 12.1 Å². The van der Waals surface area contributed by atoms with Crippen LogP contribution in [-0.2, 0) is 14.8 Å². The van der Waals surface area contributed by atoms with Crippen LogP contribution in [0.4, 0.5) is 5.69 Å². The minimum atomic E-state index is -3.57. The fraction of sp³-hybridized carbons (Fsp3) is 0.417. The minimum Gasteiger partial charge on any atom is -0.399 e. The number of hydrogen-bond donors (Lipinski definition) is 3. The first-order valence-corrected chi connectivity index (χ1v) is 7.60. The van der Waals surface area contributed by atoms with Gasteiger partial charge >= 0.3 is 0 Å². The Hall–Kier alpha value is -1.60. The number of rotatable bonds is 6. The van der Waals surface area contributed by atoms with Crippen LogP contribution in [0.5, 0.6) is 0 Å². The summed E-state index contributed by atoms with van der Waals surface area (Å²) in [6.45, 7) is 0.451. The summed E-state index contributed by atoms with van der Waals surface area (Å²) in [5, 5.41) is 2.69. The van der Waals surface area contributed by atoms with Crippen molar-refractivity contribution in [1.29, 1.82) is 0 Å². The van der Waals surface area contributed by atoms with Crippen molar-refractivity contribution >= 4 is 21.6 Å². The van der Waals surface area contributed by atoms with Gasteiger partial charge in [-0.15, -0.1) is 0 Å². The van der Waals surface area contributed by atoms with E-state index in [1.807, 2.05) is 0 Å². The van der Waals surface area contributed by atoms with Crippen molar-refractivity contribution in [3.05, 3.63) is 24.3 Å². The predicted molar refractivity (Wildman–Crippen MR) is 71.8 cm³/mol. The van der Waals surface area contributed by atoms with Crippen LogP contribution in [0.15, 0.2) is 29.2 Å². The van der Waals surface area contributed by atoms with Crippen LogP contribution in [0.25, 0.3) is 0 Å². The highest BCUT2D eigenvalue weighted by atomic mass is 32.2. The quantitative estimate of drug-likeness (QED) is 0.508. The fourth-order valence-electron chi connectivity index (χ4n) is 1.63. The molecule has 6 nitrogen and oxygen atoms in total. The summed E-state index contributed by atoms with van der Waals surface area (Å²) in [7, 11) is -3.57. The smallest absolute Gasteiger partial charge is 0.240 e. The van der Waals surface area contributed by atoms with E-state index in [4.69, 9.17) is 5.73 Å². The van der Waals surface area contributed by atoms with Crippen molar-refractivity contribution in [2.75, 3.05) is 18.8 Å². The number of nitrogen functional groups attached to an aromatic ring is 1. The lowest BCUT2D eigenvalue weighted by molar-refractivity contribution is -0.122. The van der Waals surface area contributed by atoms with Crippen LogP contribution in [0.1, 0.15) is 12.8 Å². The molecule has 2 rings (SSSR count). The first-order chi connectivity index (χ1) is 8.99.